The summed E-state index contributed by atoms with van der Waals surface area (Å²) in [7, 11) is 0. The first-order chi connectivity index (χ1) is 13.6. The predicted octanol–water partition coefficient (Wildman–Crippen LogP) is 3.95. The van der Waals surface area contributed by atoms with Gasteiger partial charge in [-0.25, -0.2) is 9.97 Å². The fourth-order valence-corrected chi connectivity index (χ4v) is 3.56. The number of rotatable bonds is 6. The topological polar surface area (TPSA) is 77.8 Å². The molecule has 28 heavy (non-hydrogen) atoms. The Bertz CT molecular complexity index is 955. The molecule has 1 N–H and O–H groups in total. The highest BCUT2D eigenvalue weighted by Crippen LogP contribution is 2.45. The maximum atomic E-state index is 6.09. The van der Waals surface area contributed by atoms with Crippen molar-refractivity contribution in [2.45, 2.75) is 57.1 Å². The molecule has 2 heterocycles. The number of benzene rings is 1. The Morgan fingerprint density at radius 2 is 1.82 bits per heavy atom. The third kappa shape index (κ3) is 3.32. The van der Waals surface area contributed by atoms with E-state index < -0.39 is 0 Å². The summed E-state index contributed by atoms with van der Waals surface area (Å²) in [6.45, 7) is 4.29. The van der Waals surface area contributed by atoms with E-state index in [0.717, 1.165) is 36.9 Å². The molecule has 0 aliphatic heterocycles. The van der Waals surface area contributed by atoms with E-state index in [-0.39, 0.29) is 11.6 Å². The van der Waals surface area contributed by atoms with E-state index in [9.17, 15) is 0 Å². The first kappa shape index (κ1) is 17.2. The van der Waals surface area contributed by atoms with Crippen LogP contribution in [0.5, 0.6) is 6.01 Å². The van der Waals surface area contributed by atoms with Crippen molar-refractivity contribution in [2.75, 3.05) is 5.32 Å². The Kier molecular flexibility index (Phi) is 4.03. The van der Waals surface area contributed by atoms with Crippen LogP contribution in [0.1, 0.15) is 49.7 Å². The maximum Gasteiger partial charge on any atom is 0.317 e. The minimum Gasteiger partial charge on any atom is -0.460 e. The molecule has 7 nitrogen and oxygen atoms in total. The highest BCUT2D eigenvalue weighted by Gasteiger charge is 2.42. The minimum atomic E-state index is 0.149. The molecule has 2 aromatic heterocycles. The first-order valence-electron chi connectivity index (χ1n) is 9.82. The van der Waals surface area contributed by atoms with Crippen LogP contribution in [0.15, 0.2) is 43.0 Å². The molecule has 2 fully saturated rings. The van der Waals surface area contributed by atoms with Gasteiger partial charge in [0.2, 0.25) is 5.95 Å². The summed E-state index contributed by atoms with van der Waals surface area (Å²) in [6.07, 6.45) is 10.0. The summed E-state index contributed by atoms with van der Waals surface area (Å²) < 4.78 is 8.17. The molecular weight excluding hydrogens is 352 g/mol. The Balaban J connectivity index is 1.16. The summed E-state index contributed by atoms with van der Waals surface area (Å²) in [5.41, 5.74) is 3.53. The maximum absolute atomic E-state index is 6.09. The van der Waals surface area contributed by atoms with Crippen molar-refractivity contribution in [1.29, 1.82) is 0 Å². The van der Waals surface area contributed by atoms with Crippen molar-refractivity contribution in [1.82, 2.24) is 24.7 Å². The first-order valence-corrected chi connectivity index (χ1v) is 9.82. The van der Waals surface area contributed by atoms with Crippen LogP contribution in [-0.4, -0.2) is 30.8 Å². The molecular formula is C21H24N6O. The smallest absolute Gasteiger partial charge is 0.317 e. The number of hydrogen-bond acceptors (Lipinski definition) is 6. The van der Waals surface area contributed by atoms with Gasteiger partial charge in [0.15, 0.2) is 0 Å². The number of nitrogens with one attached hydrogen (secondary N) is 1. The molecule has 1 aromatic carbocycles. The Labute approximate surface area is 164 Å². The molecule has 0 unspecified atom stereocenters. The van der Waals surface area contributed by atoms with Crippen molar-refractivity contribution >= 4 is 11.6 Å². The van der Waals surface area contributed by atoms with Crippen LogP contribution >= 0.6 is 0 Å². The zero-order valence-corrected chi connectivity index (χ0v) is 16.2. The van der Waals surface area contributed by atoms with Crippen LogP contribution in [0.2, 0.25) is 0 Å². The SMILES string of the molecule is Cc1ccc(Nc2ncc(C3CC(Oc4nncn4C4(C)CC4)C3)cn2)cc1. The van der Waals surface area contributed by atoms with Gasteiger partial charge in [0.25, 0.3) is 0 Å². The molecule has 3 aromatic rings. The monoisotopic (exact) mass is 376 g/mol. The molecule has 2 saturated carbocycles. The van der Waals surface area contributed by atoms with Crippen molar-refractivity contribution in [3.05, 3.63) is 54.1 Å². The Hall–Kier alpha value is -2.96. The predicted molar refractivity (Wildman–Crippen MR) is 106 cm³/mol. The van der Waals surface area contributed by atoms with Crippen LogP contribution in [0, 0.1) is 6.92 Å². The van der Waals surface area contributed by atoms with E-state index in [4.69, 9.17) is 4.74 Å². The molecule has 2 aliphatic carbocycles. The minimum absolute atomic E-state index is 0.149. The zero-order valence-electron chi connectivity index (χ0n) is 16.2. The van der Waals surface area contributed by atoms with Crippen LogP contribution in [-0.2, 0) is 5.54 Å². The molecule has 144 valence electrons. The Morgan fingerprint density at radius 3 is 2.50 bits per heavy atom. The van der Waals surface area contributed by atoms with E-state index in [0.29, 0.717) is 17.9 Å². The van der Waals surface area contributed by atoms with E-state index >= 15 is 0 Å². The largest absolute Gasteiger partial charge is 0.460 e. The summed E-state index contributed by atoms with van der Waals surface area (Å²) in [4.78, 5) is 8.93. The number of nitrogens with zero attached hydrogens (tertiary/aromatic N) is 5. The number of aryl methyl sites for hydroxylation is 1. The standard InChI is InChI=1S/C21H24N6O/c1-14-3-5-17(6-4-14)25-19-22-11-16(12-23-19)15-9-18(10-15)28-20-26-24-13-27(20)21(2)7-8-21/h3-6,11-13,15,18H,7-10H2,1-2H3,(H,22,23,25). The van der Waals surface area contributed by atoms with Gasteiger partial charge in [-0.15, -0.1) is 5.10 Å². The lowest BCUT2D eigenvalue weighted by molar-refractivity contribution is 0.0807. The second kappa shape index (κ2) is 6.58. The summed E-state index contributed by atoms with van der Waals surface area (Å²) >= 11 is 0. The third-order valence-electron chi connectivity index (χ3n) is 5.89. The fraction of sp³-hybridized carbons (Fsp3) is 0.429. The molecule has 2 aliphatic rings. The van der Waals surface area contributed by atoms with Gasteiger partial charge < -0.3 is 10.1 Å². The number of anilines is 2. The number of hydrogen-bond donors (Lipinski definition) is 1. The van der Waals surface area contributed by atoms with Crippen LogP contribution in [0.3, 0.4) is 0 Å². The van der Waals surface area contributed by atoms with Crippen LogP contribution in [0.25, 0.3) is 0 Å². The average molecular weight is 376 g/mol. The van der Waals surface area contributed by atoms with Crippen molar-refractivity contribution in [2.24, 2.45) is 0 Å². The molecule has 0 bridgehead atoms. The summed E-state index contributed by atoms with van der Waals surface area (Å²) in [5, 5.41) is 11.4. The van der Waals surface area contributed by atoms with Gasteiger partial charge in [0.05, 0.1) is 0 Å². The normalized spacial score (nSPS) is 22.4. The third-order valence-corrected chi connectivity index (χ3v) is 5.89. The van der Waals surface area contributed by atoms with Gasteiger partial charge in [-0.2, -0.15) is 0 Å². The van der Waals surface area contributed by atoms with Gasteiger partial charge in [-0.3, -0.25) is 4.57 Å². The lowest BCUT2D eigenvalue weighted by Gasteiger charge is -2.35. The quantitative estimate of drug-likeness (QED) is 0.702. The second-order valence-electron chi connectivity index (χ2n) is 8.22. The molecule has 0 spiro atoms. The van der Waals surface area contributed by atoms with E-state index in [2.05, 4.69) is 56.0 Å². The lowest BCUT2D eigenvalue weighted by atomic mass is 9.78. The molecule has 0 radical (unpaired) electrons. The highest BCUT2D eigenvalue weighted by molar-refractivity contribution is 5.53. The number of aromatic nitrogens is 5. The number of ether oxygens (including phenoxy) is 1. The van der Waals surface area contributed by atoms with Crippen molar-refractivity contribution < 1.29 is 4.74 Å². The van der Waals surface area contributed by atoms with Gasteiger partial charge in [-0.1, -0.05) is 22.8 Å². The second-order valence-corrected chi connectivity index (χ2v) is 8.22. The fourth-order valence-electron chi connectivity index (χ4n) is 3.56. The molecule has 0 saturated heterocycles. The van der Waals surface area contributed by atoms with E-state index in [1.54, 1.807) is 6.33 Å². The van der Waals surface area contributed by atoms with E-state index in [1.807, 2.05) is 24.5 Å². The molecule has 7 heteroatoms. The highest BCUT2D eigenvalue weighted by atomic mass is 16.5. The average Bonchev–Trinajstić information content (AvgIpc) is 3.23. The summed E-state index contributed by atoms with van der Waals surface area (Å²) in [5.74, 6) is 1.05. The van der Waals surface area contributed by atoms with E-state index in [1.165, 1.54) is 5.56 Å². The van der Waals surface area contributed by atoms with Crippen LogP contribution in [0.4, 0.5) is 11.6 Å². The molecule has 0 amide bonds. The van der Waals surface area contributed by atoms with Crippen LogP contribution < -0.4 is 10.1 Å². The van der Waals surface area contributed by atoms with Crippen molar-refractivity contribution in [3.63, 3.8) is 0 Å². The summed E-state index contributed by atoms with van der Waals surface area (Å²) in [6, 6.07) is 8.84. The lowest BCUT2D eigenvalue weighted by Crippen LogP contribution is -2.33. The van der Waals surface area contributed by atoms with Gasteiger partial charge in [0.1, 0.15) is 12.4 Å². The Morgan fingerprint density at radius 1 is 1.11 bits per heavy atom. The van der Waals surface area contributed by atoms with Gasteiger partial charge in [-0.05, 0) is 63.1 Å². The van der Waals surface area contributed by atoms with Crippen molar-refractivity contribution in [3.8, 4) is 6.01 Å². The zero-order chi connectivity index (χ0) is 19.1. The molecule has 0 atom stereocenters. The van der Waals surface area contributed by atoms with Gasteiger partial charge in [0, 0.05) is 23.6 Å². The molecule has 5 rings (SSSR count). The van der Waals surface area contributed by atoms with Gasteiger partial charge >= 0.3 is 6.01 Å².